The van der Waals surface area contributed by atoms with Crippen molar-refractivity contribution >= 4 is 22.1 Å². The lowest BCUT2D eigenvalue weighted by molar-refractivity contribution is 0.0446. The summed E-state index contributed by atoms with van der Waals surface area (Å²) in [6.07, 6.45) is 50.5. The molecule has 1 rings (SSSR count). The maximum absolute atomic E-state index is 13.1. The van der Waals surface area contributed by atoms with Crippen LogP contribution in [0.25, 0.3) is 0 Å². The summed E-state index contributed by atoms with van der Waals surface area (Å²) in [6.45, 7) is 4.80. The van der Waals surface area contributed by atoms with Gasteiger partial charge < -0.3 is 9.47 Å². The maximum atomic E-state index is 13.1. The third-order valence-corrected chi connectivity index (χ3v) is 11.9. The molecule has 58 heavy (non-hydrogen) atoms. The molecule has 1 N–H and O–H groups in total. The SMILES string of the molecule is CCCCCCC/C=C/CCCCCCCCCCCCOC(=O)c1cccc(S(=O)(=O)O)c1C(=O)OCCCCCCCCCCCC/C=C/CCCCCCC. The Morgan fingerprint density at radius 2 is 0.776 bits per heavy atom. The van der Waals surface area contributed by atoms with Gasteiger partial charge in [0.2, 0.25) is 0 Å². The Kier molecular flexibility index (Phi) is 35.8. The Bertz CT molecular complexity index is 1300. The molecule has 0 aliphatic heterocycles. The number of hydrogen-bond acceptors (Lipinski definition) is 6. The number of rotatable bonds is 41. The average molecular weight is 831 g/mol. The van der Waals surface area contributed by atoms with Gasteiger partial charge in [-0.15, -0.1) is 0 Å². The van der Waals surface area contributed by atoms with Gasteiger partial charge in [-0.2, -0.15) is 8.42 Å². The molecule has 0 fully saturated rings. The molecule has 0 amide bonds. The van der Waals surface area contributed by atoms with Gasteiger partial charge in [0.05, 0.1) is 24.3 Å². The van der Waals surface area contributed by atoms with Crippen molar-refractivity contribution in [1.29, 1.82) is 0 Å². The van der Waals surface area contributed by atoms with E-state index < -0.39 is 32.5 Å². The van der Waals surface area contributed by atoms with E-state index >= 15 is 0 Å². The van der Waals surface area contributed by atoms with Crippen LogP contribution in [0.5, 0.6) is 0 Å². The van der Waals surface area contributed by atoms with E-state index in [-0.39, 0.29) is 18.8 Å². The zero-order valence-electron chi connectivity index (χ0n) is 37.3. The lowest BCUT2D eigenvalue weighted by Crippen LogP contribution is -2.19. The minimum absolute atomic E-state index is 0.109. The van der Waals surface area contributed by atoms with Crippen molar-refractivity contribution in [2.45, 2.75) is 237 Å². The molecule has 1 aromatic rings. The number of benzene rings is 1. The molecule has 0 aliphatic carbocycles. The third kappa shape index (κ3) is 30.6. The summed E-state index contributed by atoms with van der Waals surface area (Å²) in [4.78, 5) is 25.4. The number of hydrogen-bond donors (Lipinski definition) is 1. The van der Waals surface area contributed by atoms with Crippen molar-refractivity contribution in [3.63, 3.8) is 0 Å². The number of unbranched alkanes of at least 4 members (excludes halogenated alkanes) is 30. The summed E-state index contributed by atoms with van der Waals surface area (Å²) < 4.78 is 44.9. The monoisotopic (exact) mass is 831 g/mol. The van der Waals surface area contributed by atoms with E-state index in [1.165, 1.54) is 179 Å². The first-order valence-corrected chi connectivity index (χ1v) is 25.5. The van der Waals surface area contributed by atoms with Gasteiger partial charge in [0, 0.05) is 0 Å². The number of esters is 2. The highest BCUT2D eigenvalue weighted by atomic mass is 32.2. The molecule has 0 unspecified atom stereocenters. The van der Waals surface area contributed by atoms with E-state index in [1.807, 2.05) is 0 Å². The van der Waals surface area contributed by atoms with Gasteiger partial charge in [-0.1, -0.05) is 198 Å². The van der Waals surface area contributed by atoms with E-state index in [9.17, 15) is 22.6 Å². The van der Waals surface area contributed by atoms with Gasteiger partial charge in [-0.05, 0) is 76.3 Å². The van der Waals surface area contributed by atoms with Crippen LogP contribution in [-0.4, -0.2) is 38.1 Å². The molecular formula is C50H86O7S. The Labute approximate surface area is 356 Å². The molecule has 7 nitrogen and oxygen atoms in total. The predicted octanol–water partition coefficient (Wildman–Crippen LogP) is 15.7. The number of carbonyl (C=O) groups excluding carboxylic acids is 2. The van der Waals surface area contributed by atoms with Crippen LogP contribution in [0.15, 0.2) is 47.4 Å². The van der Waals surface area contributed by atoms with Gasteiger partial charge in [-0.3, -0.25) is 4.55 Å². The average Bonchev–Trinajstić information content (AvgIpc) is 3.21. The van der Waals surface area contributed by atoms with Crippen LogP contribution in [0.3, 0.4) is 0 Å². The minimum atomic E-state index is -4.77. The van der Waals surface area contributed by atoms with Crippen LogP contribution in [-0.2, 0) is 19.6 Å². The van der Waals surface area contributed by atoms with Crippen molar-refractivity contribution in [1.82, 2.24) is 0 Å². The van der Waals surface area contributed by atoms with Crippen LogP contribution < -0.4 is 0 Å². The molecule has 1 aromatic carbocycles. The molecule has 0 heterocycles. The van der Waals surface area contributed by atoms with E-state index in [1.54, 1.807) is 0 Å². The Balaban J connectivity index is 2.18. The highest BCUT2D eigenvalue weighted by molar-refractivity contribution is 7.86. The summed E-state index contributed by atoms with van der Waals surface area (Å²) in [5.74, 6) is -1.74. The van der Waals surface area contributed by atoms with Gasteiger partial charge in [0.25, 0.3) is 10.1 Å². The summed E-state index contributed by atoms with van der Waals surface area (Å²) in [5, 5.41) is 0. The maximum Gasteiger partial charge on any atom is 0.340 e. The van der Waals surface area contributed by atoms with Gasteiger partial charge >= 0.3 is 11.9 Å². The molecule has 8 heteroatoms. The van der Waals surface area contributed by atoms with Crippen molar-refractivity contribution in [2.24, 2.45) is 0 Å². The van der Waals surface area contributed by atoms with Crippen LogP contribution in [0.4, 0.5) is 0 Å². The normalized spacial score (nSPS) is 11.9. The van der Waals surface area contributed by atoms with Gasteiger partial charge in [0.15, 0.2) is 0 Å². The third-order valence-electron chi connectivity index (χ3n) is 11.0. The van der Waals surface area contributed by atoms with Crippen LogP contribution in [0.1, 0.15) is 253 Å². The molecule has 0 aromatic heterocycles. The lowest BCUT2D eigenvalue weighted by Gasteiger charge is -2.13. The zero-order chi connectivity index (χ0) is 42.2. The molecule has 0 radical (unpaired) electrons. The van der Waals surface area contributed by atoms with E-state index in [0.29, 0.717) is 12.8 Å². The van der Waals surface area contributed by atoms with Gasteiger partial charge in [0.1, 0.15) is 4.90 Å². The standard InChI is InChI=1S/C50H86O7S/c1-3-5-7-9-11-13-15-17-19-21-23-25-27-29-31-33-35-37-39-44-56-49(51)46-42-41-43-47(58(53,54)55)48(46)50(52)57-45-40-38-36-34-32-30-28-26-24-22-20-18-16-14-12-10-8-6-4-2/h15-18,41-43H,3-14,19-40,44-45H2,1-2H3,(H,53,54,55)/b17-15+,18-16+. The largest absolute Gasteiger partial charge is 0.462 e. The Hall–Kier alpha value is -2.45. The van der Waals surface area contributed by atoms with Crippen molar-refractivity contribution < 1.29 is 32.0 Å². The number of carbonyl (C=O) groups is 2. The van der Waals surface area contributed by atoms with Gasteiger partial charge in [-0.25, -0.2) is 9.59 Å². The molecule has 0 spiro atoms. The van der Waals surface area contributed by atoms with Crippen molar-refractivity contribution in [3.8, 4) is 0 Å². The predicted molar refractivity (Wildman–Crippen MR) is 243 cm³/mol. The molecule has 0 saturated carbocycles. The quantitative estimate of drug-likeness (QED) is 0.0303. The Morgan fingerprint density at radius 3 is 1.12 bits per heavy atom. The smallest absolute Gasteiger partial charge is 0.340 e. The summed E-state index contributed by atoms with van der Waals surface area (Å²) in [6, 6.07) is 3.77. The Morgan fingerprint density at radius 1 is 0.466 bits per heavy atom. The molecular weight excluding hydrogens is 745 g/mol. The molecule has 0 bridgehead atoms. The highest BCUT2D eigenvalue weighted by Crippen LogP contribution is 2.23. The fourth-order valence-electron chi connectivity index (χ4n) is 7.37. The van der Waals surface area contributed by atoms with Crippen molar-refractivity contribution in [2.75, 3.05) is 13.2 Å². The molecule has 0 aliphatic rings. The van der Waals surface area contributed by atoms with Crippen LogP contribution in [0, 0.1) is 0 Å². The lowest BCUT2D eigenvalue weighted by atomic mass is 10.1. The highest BCUT2D eigenvalue weighted by Gasteiger charge is 2.28. The first-order chi connectivity index (χ1) is 28.3. The fraction of sp³-hybridized carbons (Fsp3) is 0.760. The summed E-state index contributed by atoms with van der Waals surface area (Å²) in [7, 11) is -4.77. The van der Waals surface area contributed by atoms with Crippen molar-refractivity contribution in [3.05, 3.63) is 53.6 Å². The van der Waals surface area contributed by atoms with E-state index in [4.69, 9.17) is 9.47 Å². The first-order valence-electron chi connectivity index (χ1n) is 24.1. The van der Waals surface area contributed by atoms with E-state index in [0.717, 1.165) is 44.6 Å². The topological polar surface area (TPSA) is 107 Å². The first kappa shape index (κ1) is 53.6. The summed E-state index contributed by atoms with van der Waals surface area (Å²) >= 11 is 0. The molecule has 0 atom stereocenters. The van der Waals surface area contributed by atoms with Crippen LogP contribution >= 0.6 is 0 Å². The van der Waals surface area contributed by atoms with E-state index in [2.05, 4.69) is 38.2 Å². The van der Waals surface area contributed by atoms with Crippen LogP contribution in [0.2, 0.25) is 0 Å². The second-order valence-electron chi connectivity index (χ2n) is 16.4. The zero-order valence-corrected chi connectivity index (χ0v) is 38.1. The number of allylic oxidation sites excluding steroid dienone is 4. The molecule has 334 valence electrons. The molecule has 0 saturated heterocycles. The minimum Gasteiger partial charge on any atom is -0.462 e. The second kappa shape index (κ2) is 38.7. The summed E-state index contributed by atoms with van der Waals surface area (Å²) in [5.41, 5.74) is -0.674. The number of ether oxygens (including phenoxy) is 2. The fourth-order valence-corrected chi connectivity index (χ4v) is 8.07. The second-order valence-corrected chi connectivity index (χ2v) is 17.8.